The fourth-order valence-electron chi connectivity index (χ4n) is 2.80. The third-order valence-electron chi connectivity index (χ3n) is 4.62. The Morgan fingerprint density at radius 1 is 0.931 bits per heavy atom. The van der Waals surface area contributed by atoms with Crippen LogP contribution in [-0.2, 0) is 9.59 Å². The van der Waals surface area contributed by atoms with Crippen molar-refractivity contribution in [1.82, 2.24) is 4.90 Å². The summed E-state index contributed by atoms with van der Waals surface area (Å²) < 4.78 is 0. The Labute approximate surface area is 171 Å². The van der Waals surface area contributed by atoms with Crippen LogP contribution in [0.4, 0.5) is 17.1 Å². The molecule has 0 aliphatic heterocycles. The molecular weight excluding hydrogens is 368 g/mol. The lowest BCUT2D eigenvalue weighted by Crippen LogP contribution is -2.30. The molecule has 0 saturated heterocycles. The Kier molecular flexibility index (Phi) is 7.77. The summed E-state index contributed by atoms with van der Waals surface area (Å²) in [4.78, 5) is 39.4. The van der Waals surface area contributed by atoms with E-state index < -0.39 is 0 Å². The molecule has 29 heavy (non-hydrogen) atoms. The quantitative estimate of drug-likeness (QED) is 0.718. The van der Waals surface area contributed by atoms with Gasteiger partial charge in [0.05, 0.1) is 6.54 Å². The van der Waals surface area contributed by atoms with Gasteiger partial charge in [-0.15, -0.1) is 0 Å². The van der Waals surface area contributed by atoms with Crippen molar-refractivity contribution in [2.45, 2.75) is 20.8 Å². The smallest absolute Gasteiger partial charge is 0.253 e. The Morgan fingerprint density at radius 2 is 1.59 bits per heavy atom. The van der Waals surface area contributed by atoms with Crippen molar-refractivity contribution in [3.63, 3.8) is 0 Å². The second-order valence-corrected chi connectivity index (χ2v) is 6.58. The zero-order chi connectivity index (χ0) is 21.4. The van der Waals surface area contributed by atoms with Crippen LogP contribution in [0.2, 0.25) is 0 Å². The van der Waals surface area contributed by atoms with Gasteiger partial charge in [0.2, 0.25) is 11.8 Å². The number of carbonyl (C=O) groups excluding carboxylic acids is 3. The van der Waals surface area contributed by atoms with E-state index in [9.17, 15) is 14.4 Å². The molecule has 0 atom stereocenters. The fraction of sp³-hybridized carbons (Fsp3) is 0.318. The van der Waals surface area contributed by atoms with E-state index in [4.69, 9.17) is 0 Å². The average Bonchev–Trinajstić information content (AvgIpc) is 2.73. The van der Waals surface area contributed by atoms with E-state index in [0.717, 1.165) is 11.4 Å². The summed E-state index contributed by atoms with van der Waals surface area (Å²) in [5.74, 6) is -0.325. The highest BCUT2D eigenvalue weighted by atomic mass is 16.2. The highest BCUT2D eigenvalue weighted by Gasteiger charge is 2.13. The second-order valence-electron chi connectivity index (χ2n) is 6.58. The van der Waals surface area contributed by atoms with Crippen molar-refractivity contribution in [2.75, 3.05) is 42.2 Å². The van der Waals surface area contributed by atoms with Gasteiger partial charge in [0.1, 0.15) is 0 Å². The van der Waals surface area contributed by atoms with Crippen molar-refractivity contribution in [3.05, 3.63) is 54.1 Å². The molecule has 0 heterocycles. The van der Waals surface area contributed by atoms with Crippen LogP contribution in [0.25, 0.3) is 0 Å². The molecule has 154 valence electrons. The molecule has 0 fully saturated rings. The lowest BCUT2D eigenvalue weighted by Gasteiger charge is -2.19. The van der Waals surface area contributed by atoms with E-state index in [-0.39, 0.29) is 24.3 Å². The number of anilines is 3. The van der Waals surface area contributed by atoms with Crippen molar-refractivity contribution in [3.8, 4) is 0 Å². The number of hydrogen-bond donors (Lipinski definition) is 2. The maximum absolute atomic E-state index is 12.4. The van der Waals surface area contributed by atoms with Crippen molar-refractivity contribution in [2.24, 2.45) is 0 Å². The topological polar surface area (TPSA) is 81.8 Å². The Balaban J connectivity index is 1.93. The fourth-order valence-corrected chi connectivity index (χ4v) is 2.80. The molecule has 2 aromatic rings. The van der Waals surface area contributed by atoms with Crippen LogP contribution in [0.15, 0.2) is 48.5 Å². The minimum Gasteiger partial charge on any atom is -0.376 e. The monoisotopic (exact) mass is 396 g/mol. The van der Waals surface area contributed by atoms with Gasteiger partial charge in [-0.1, -0.05) is 6.07 Å². The van der Waals surface area contributed by atoms with Gasteiger partial charge < -0.3 is 20.4 Å². The number of nitrogens with zero attached hydrogens (tertiary/aromatic N) is 2. The summed E-state index contributed by atoms with van der Waals surface area (Å²) in [7, 11) is 1.71. The molecule has 2 rings (SSSR count). The lowest BCUT2D eigenvalue weighted by molar-refractivity contribution is -0.116. The molecule has 0 aliphatic rings. The van der Waals surface area contributed by atoms with Crippen molar-refractivity contribution in [1.29, 1.82) is 0 Å². The average molecular weight is 396 g/mol. The molecule has 0 saturated carbocycles. The SMILES string of the molecule is CCN(CC)C(=O)c1cccc(NC(=O)CNc2ccc(N(C)C(C)=O)cc2)c1. The first-order chi connectivity index (χ1) is 13.8. The van der Waals surface area contributed by atoms with Gasteiger partial charge in [-0.25, -0.2) is 0 Å². The molecule has 7 nitrogen and oxygen atoms in total. The van der Waals surface area contributed by atoms with Crippen molar-refractivity contribution >= 4 is 34.8 Å². The van der Waals surface area contributed by atoms with E-state index in [1.165, 1.54) is 6.92 Å². The van der Waals surface area contributed by atoms with Crippen LogP contribution < -0.4 is 15.5 Å². The number of amides is 3. The zero-order valence-electron chi connectivity index (χ0n) is 17.4. The molecule has 0 radical (unpaired) electrons. The van der Waals surface area contributed by atoms with Gasteiger partial charge in [-0.3, -0.25) is 14.4 Å². The largest absolute Gasteiger partial charge is 0.376 e. The van der Waals surface area contributed by atoms with Crippen LogP contribution in [0.1, 0.15) is 31.1 Å². The Morgan fingerprint density at radius 3 is 2.17 bits per heavy atom. The van der Waals surface area contributed by atoms with E-state index in [0.29, 0.717) is 24.3 Å². The van der Waals surface area contributed by atoms with Gasteiger partial charge in [-0.2, -0.15) is 0 Å². The summed E-state index contributed by atoms with van der Waals surface area (Å²) in [5.41, 5.74) is 2.67. The summed E-state index contributed by atoms with van der Waals surface area (Å²) in [5, 5.41) is 5.85. The number of nitrogens with one attached hydrogen (secondary N) is 2. The van der Waals surface area contributed by atoms with Crippen LogP contribution >= 0.6 is 0 Å². The van der Waals surface area contributed by atoms with Gasteiger partial charge in [0.25, 0.3) is 5.91 Å². The first-order valence-corrected chi connectivity index (χ1v) is 9.63. The lowest BCUT2D eigenvalue weighted by atomic mass is 10.1. The molecular formula is C22H28N4O3. The molecule has 3 amide bonds. The third-order valence-corrected chi connectivity index (χ3v) is 4.62. The minimum atomic E-state index is -0.220. The molecule has 0 aliphatic carbocycles. The number of rotatable bonds is 8. The third kappa shape index (κ3) is 6.07. The molecule has 0 bridgehead atoms. The second kappa shape index (κ2) is 10.3. The van der Waals surface area contributed by atoms with E-state index in [1.807, 2.05) is 38.1 Å². The molecule has 0 spiro atoms. The normalized spacial score (nSPS) is 10.2. The van der Waals surface area contributed by atoms with Crippen molar-refractivity contribution < 1.29 is 14.4 Å². The van der Waals surface area contributed by atoms with Gasteiger partial charge in [0, 0.05) is 49.7 Å². The maximum Gasteiger partial charge on any atom is 0.253 e. The zero-order valence-corrected chi connectivity index (χ0v) is 17.4. The molecule has 7 heteroatoms. The Hall–Kier alpha value is -3.35. The van der Waals surface area contributed by atoms with E-state index >= 15 is 0 Å². The summed E-state index contributed by atoms with van der Waals surface area (Å²) in [6.45, 7) is 6.72. The highest BCUT2D eigenvalue weighted by Crippen LogP contribution is 2.17. The van der Waals surface area contributed by atoms with E-state index in [2.05, 4.69) is 10.6 Å². The van der Waals surface area contributed by atoms with E-state index in [1.54, 1.807) is 41.1 Å². The van der Waals surface area contributed by atoms with Crippen LogP contribution in [0.5, 0.6) is 0 Å². The maximum atomic E-state index is 12.4. The van der Waals surface area contributed by atoms with Gasteiger partial charge >= 0.3 is 0 Å². The number of benzene rings is 2. The number of carbonyl (C=O) groups is 3. The summed E-state index contributed by atoms with van der Waals surface area (Å²) in [6, 6.07) is 14.2. The van der Waals surface area contributed by atoms with Gasteiger partial charge in [0.15, 0.2) is 0 Å². The summed E-state index contributed by atoms with van der Waals surface area (Å²) in [6.07, 6.45) is 0. The predicted octanol–water partition coefficient (Wildman–Crippen LogP) is 3.20. The van der Waals surface area contributed by atoms with Crippen LogP contribution in [-0.4, -0.2) is 49.3 Å². The molecule has 2 N–H and O–H groups in total. The van der Waals surface area contributed by atoms with Crippen LogP contribution in [0.3, 0.4) is 0 Å². The summed E-state index contributed by atoms with van der Waals surface area (Å²) >= 11 is 0. The number of hydrogen-bond acceptors (Lipinski definition) is 4. The molecule has 2 aromatic carbocycles. The molecule has 0 unspecified atom stereocenters. The first kappa shape index (κ1) is 21.9. The highest BCUT2D eigenvalue weighted by molar-refractivity contribution is 5.98. The van der Waals surface area contributed by atoms with Gasteiger partial charge in [-0.05, 0) is 56.3 Å². The Bertz CT molecular complexity index is 861. The molecule has 0 aromatic heterocycles. The standard InChI is InChI=1S/C22H28N4O3/c1-5-26(6-2)22(29)17-8-7-9-19(14-17)24-21(28)15-23-18-10-12-20(13-11-18)25(4)16(3)27/h7-14,23H,5-6,15H2,1-4H3,(H,24,28). The first-order valence-electron chi connectivity index (χ1n) is 9.63. The van der Waals surface area contributed by atoms with Crippen LogP contribution in [0, 0.1) is 0 Å². The minimum absolute atomic E-state index is 0.0493. The predicted molar refractivity (Wildman–Crippen MR) is 116 cm³/mol.